The quantitative estimate of drug-likeness (QED) is 0.107. The highest BCUT2D eigenvalue weighted by Gasteiger charge is 2.30. The van der Waals surface area contributed by atoms with Crippen molar-refractivity contribution in [1.29, 1.82) is 5.41 Å². The van der Waals surface area contributed by atoms with E-state index in [4.69, 9.17) is 14.9 Å². The van der Waals surface area contributed by atoms with Gasteiger partial charge >= 0.3 is 6.03 Å². The topological polar surface area (TPSA) is 152 Å². The molecule has 5 N–H and O–H groups in total. The number of rotatable bonds is 8. The van der Waals surface area contributed by atoms with Crippen LogP contribution in [0.4, 0.5) is 20.6 Å². The number of halogens is 1. The lowest BCUT2D eigenvalue weighted by atomic mass is 9.99. The number of amides is 3. The number of allylic oxidation sites excluding steroid dienone is 3. The van der Waals surface area contributed by atoms with Crippen LogP contribution in [0.1, 0.15) is 52.7 Å². The van der Waals surface area contributed by atoms with Crippen molar-refractivity contribution in [2.75, 3.05) is 51.5 Å². The van der Waals surface area contributed by atoms with Gasteiger partial charge in [-0.1, -0.05) is 0 Å². The van der Waals surface area contributed by atoms with Gasteiger partial charge < -0.3 is 45.6 Å². The molecule has 12 nitrogen and oxygen atoms in total. The molecule has 2 aliphatic heterocycles. The molecule has 264 valence electrons. The van der Waals surface area contributed by atoms with E-state index in [1.54, 1.807) is 63.4 Å². The van der Waals surface area contributed by atoms with Gasteiger partial charge in [-0.2, -0.15) is 0 Å². The number of H-pyrrole nitrogens is 1. The Kier molecular flexibility index (Phi) is 9.66. The van der Waals surface area contributed by atoms with Gasteiger partial charge in [-0.05, 0) is 82.4 Å². The first-order valence-corrected chi connectivity index (χ1v) is 16.5. The third-order valence-corrected chi connectivity index (χ3v) is 9.32. The molecule has 2 aliphatic rings. The Morgan fingerprint density at radius 2 is 1.76 bits per heavy atom. The van der Waals surface area contributed by atoms with Crippen LogP contribution < -0.4 is 25.4 Å². The first-order chi connectivity index (χ1) is 24.4. The number of aromatic amines is 1. The van der Waals surface area contributed by atoms with Crippen LogP contribution in [-0.4, -0.2) is 85.1 Å². The number of carbonyl (C=O) groups excluding carboxylic acids is 3. The number of nitrogens with one attached hydrogen (secondary N) is 5. The van der Waals surface area contributed by atoms with Gasteiger partial charge in [-0.15, -0.1) is 0 Å². The molecular formula is C38H40FN7O5. The first kappa shape index (κ1) is 34.9. The van der Waals surface area contributed by atoms with E-state index < -0.39 is 17.6 Å². The standard InChI is InChI=1S/C38H40FN7O5/c1-20-19-46(14-13-45(20)5)37(48)23-7-9-24(10-8-23)42-38(49)43-25-11-12-31-29(15-25)36(47)32(51-31)18-28-27-16-26(50-6)17-30(39)34(27)44-35(28)33(21(2)40)22(3)41-4/h7-12,15-18,20,40-41,44H,13-14,19H2,1-6H3,(H2,42,43,49)/b32-18-,33-22+,40-21?. The number of fused-ring (bicyclic) bond motifs is 2. The fraction of sp³-hybridized carbons (Fsp3) is 0.263. The molecule has 13 heteroatoms. The smallest absolute Gasteiger partial charge is 0.323 e. The van der Waals surface area contributed by atoms with E-state index in [0.717, 1.165) is 6.54 Å². The Hall–Kier alpha value is -5.95. The molecule has 51 heavy (non-hydrogen) atoms. The highest BCUT2D eigenvalue weighted by atomic mass is 19.1. The summed E-state index contributed by atoms with van der Waals surface area (Å²) >= 11 is 0. The Bertz CT molecular complexity index is 2140. The molecule has 0 bridgehead atoms. The third-order valence-electron chi connectivity index (χ3n) is 9.32. The number of likely N-dealkylation sites (N-methyl/N-ethyl adjacent to an activating group) is 1. The monoisotopic (exact) mass is 693 g/mol. The summed E-state index contributed by atoms with van der Waals surface area (Å²) in [4.78, 5) is 46.8. The van der Waals surface area contributed by atoms with Crippen LogP contribution in [0, 0.1) is 11.2 Å². The Labute approximate surface area is 294 Å². The molecule has 1 unspecified atom stereocenters. The van der Waals surface area contributed by atoms with Gasteiger partial charge in [-0.25, -0.2) is 9.18 Å². The molecule has 0 radical (unpaired) electrons. The molecule has 1 saturated heterocycles. The maximum Gasteiger partial charge on any atom is 0.323 e. The van der Waals surface area contributed by atoms with Gasteiger partial charge in [0.05, 0.1) is 23.9 Å². The second-order valence-electron chi connectivity index (χ2n) is 12.7. The summed E-state index contributed by atoms with van der Waals surface area (Å²) in [6.45, 7) is 7.64. The zero-order valence-corrected chi connectivity index (χ0v) is 29.3. The highest BCUT2D eigenvalue weighted by Crippen LogP contribution is 2.38. The number of piperazine rings is 1. The fourth-order valence-electron chi connectivity index (χ4n) is 6.30. The minimum absolute atomic E-state index is 0.0123. The summed E-state index contributed by atoms with van der Waals surface area (Å²) in [7, 11) is 5.21. The van der Waals surface area contributed by atoms with E-state index in [-0.39, 0.29) is 40.2 Å². The lowest BCUT2D eigenvalue weighted by molar-refractivity contribution is 0.0572. The van der Waals surface area contributed by atoms with Gasteiger partial charge in [0.25, 0.3) is 5.91 Å². The molecule has 1 aromatic heterocycles. The van der Waals surface area contributed by atoms with Crippen LogP contribution in [0.5, 0.6) is 11.5 Å². The van der Waals surface area contributed by atoms with Crippen molar-refractivity contribution in [3.63, 3.8) is 0 Å². The number of carbonyl (C=O) groups is 3. The Balaban J connectivity index is 1.21. The zero-order chi connectivity index (χ0) is 36.6. The largest absolute Gasteiger partial charge is 0.497 e. The summed E-state index contributed by atoms with van der Waals surface area (Å²) < 4.78 is 26.5. The number of aromatic nitrogens is 1. The van der Waals surface area contributed by atoms with E-state index in [1.807, 2.05) is 11.9 Å². The highest BCUT2D eigenvalue weighted by molar-refractivity contribution is 6.24. The van der Waals surface area contributed by atoms with E-state index in [1.165, 1.54) is 25.3 Å². The van der Waals surface area contributed by atoms with E-state index in [9.17, 15) is 14.4 Å². The van der Waals surface area contributed by atoms with Crippen molar-refractivity contribution in [2.45, 2.75) is 26.8 Å². The number of Topliss-reactive ketones (excluding diaryl/α,β-unsaturated/α-hetero) is 1. The van der Waals surface area contributed by atoms with Crippen LogP contribution >= 0.6 is 0 Å². The van der Waals surface area contributed by atoms with Crippen LogP contribution in [0.2, 0.25) is 0 Å². The first-order valence-electron chi connectivity index (χ1n) is 16.5. The van der Waals surface area contributed by atoms with Crippen molar-refractivity contribution in [1.82, 2.24) is 20.1 Å². The van der Waals surface area contributed by atoms with Crippen LogP contribution in [0.15, 0.2) is 66.1 Å². The van der Waals surface area contributed by atoms with Gasteiger partial charge in [0, 0.05) is 83.7 Å². The summed E-state index contributed by atoms with van der Waals surface area (Å²) in [6, 6.07) is 14.1. The number of anilines is 2. The molecule has 1 atom stereocenters. The predicted molar refractivity (Wildman–Crippen MR) is 196 cm³/mol. The average molecular weight is 694 g/mol. The number of benzene rings is 3. The summed E-state index contributed by atoms with van der Waals surface area (Å²) in [5.41, 5.74) is 4.08. The second-order valence-corrected chi connectivity index (χ2v) is 12.7. The Morgan fingerprint density at radius 3 is 2.43 bits per heavy atom. The Morgan fingerprint density at radius 1 is 1.06 bits per heavy atom. The number of hydrogen-bond acceptors (Lipinski definition) is 8. The molecule has 3 amide bonds. The van der Waals surface area contributed by atoms with E-state index in [0.29, 0.717) is 63.7 Å². The van der Waals surface area contributed by atoms with Crippen LogP contribution in [0.3, 0.4) is 0 Å². The van der Waals surface area contributed by atoms with Gasteiger partial charge in [0.1, 0.15) is 11.5 Å². The fourth-order valence-corrected chi connectivity index (χ4v) is 6.30. The zero-order valence-electron chi connectivity index (χ0n) is 29.3. The van der Waals surface area contributed by atoms with Crippen LogP contribution in [0.25, 0.3) is 22.6 Å². The number of ketones is 1. The minimum atomic E-state index is -0.556. The number of hydrogen-bond donors (Lipinski definition) is 5. The number of nitrogens with zero attached hydrogens (tertiary/aromatic N) is 2. The molecule has 4 aromatic rings. The van der Waals surface area contributed by atoms with Crippen molar-refractivity contribution >= 4 is 57.4 Å². The van der Waals surface area contributed by atoms with Crippen molar-refractivity contribution in [3.8, 4) is 11.5 Å². The molecule has 3 aromatic carbocycles. The molecule has 1 fully saturated rings. The average Bonchev–Trinajstić information content (AvgIpc) is 3.62. The van der Waals surface area contributed by atoms with E-state index in [2.05, 4.69) is 32.8 Å². The van der Waals surface area contributed by atoms with Gasteiger partial charge in [-0.3, -0.25) is 9.59 Å². The molecule has 6 rings (SSSR count). The van der Waals surface area contributed by atoms with Gasteiger partial charge in [0.2, 0.25) is 5.78 Å². The summed E-state index contributed by atoms with van der Waals surface area (Å²) in [6.07, 6.45) is 1.53. The van der Waals surface area contributed by atoms with Crippen LogP contribution in [-0.2, 0) is 0 Å². The summed E-state index contributed by atoms with van der Waals surface area (Å²) in [5, 5.41) is 17.5. The normalized spacial score (nSPS) is 17.2. The lowest BCUT2D eigenvalue weighted by Gasteiger charge is -2.37. The van der Waals surface area contributed by atoms with Crippen molar-refractivity contribution in [3.05, 3.63) is 94.3 Å². The minimum Gasteiger partial charge on any atom is -0.497 e. The summed E-state index contributed by atoms with van der Waals surface area (Å²) in [5.74, 6) is -0.472. The van der Waals surface area contributed by atoms with E-state index >= 15 is 4.39 Å². The SMILES string of the molecule is CN/C(C)=C(\C(C)=N)c1[nH]c2c(F)cc(OC)cc2c1/C=C1\Oc2ccc(NC(=O)Nc3ccc(C(=O)N4CCN(C)C(C)C4)cc3)cc2C1=O. The van der Waals surface area contributed by atoms with Crippen molar-refractivity contribution in [2.24, 2.45) is 0 Å². The molecule has 0 spiro atoms. The predicted octanol–water partition coefficient (Wildman–Crippen LogP) is 6.34. The number of urea groups is 1. The maximum atomic E-state index is 15.2. The molecule has 0 aliphatic carbocycles. The van der Waals surface area contributed by atoms with Crippen molar-refractivity contribution < 1.29 is 28.2 Å². The number of ether oxygens (including phenoxy) is 2. The number of methoxy groups -OCH3 is 1. The lowest BCUT2D eigenvalue weighted by Crippen LogP contribution is -2.52. The molecule has 0 saturated carbocycles. The molecular weight excluding hydrogens is 653 g/mol. The molecule has 3 heterocycles. The maximum absolute atomic E-state index is 15.2. The van der Waals surface area contributed by atoms with Gasteiger partial charge in [0.15, 0.2) is 11.6 Å². The second kappa shape index (κ2) is 14.1. The third kappa shape index (κ3) is 6.93.